The van der Waals surface area contributed by atoms with E-state index >= 15 is 0 Å². The quantitative estimate of drug-likeness (QED) is 0.706. The minimum absolute atomic E-state index is 0.137. The second-order valence-electron chi connectivity index (χ2n) is 6.47. The third-order valence-corrected chi connectivity index (χ3v) is 4.50. The van der Waals surface area contributed by atoms with Crippen molar-refractivity contribution in [2.45, 2.75) is 13.5 Å². The molecule has 3 aromatic rings. The average molecular weight is 364 g/mol. The number of rotatable bonds is 4. The SMILES string of the molecule is Cc1onc(-c2ccccc2)c1C(=O)N(C)Cc1ccc2c(c1)OCCO2. The summed E-state index contributed by atoms with van der Waals surface area (Å²) in [5, 5.41) is 4.10. The van der Waals surface area contributed by atoms with Crippen molar-refractivity contribution >= 4 is 5.91 Å². The van der Waals surface area contributed by atoms with Gasteiger partial charge in [-0.05, 0) is 24.6 Å². The molecule has 2 heterocycles. The third-order valence-electron chi connectivity index (χ3n) is 4.50. The Morgan fingerprint density at radius 1 is 1.07 bits per heavy atom. The molecule has 0 saturated heterocycles. The van der Waals surface area contributed by atoms with Crippen molar-refractivity contribution in [3.63, 3.8) is 0 Å². The van der Waals surface area contributed by atoms with Crippen molar-refractivity contribution in [3.8, 4) is 22.8 Å². The zero-order chi connectivity index (χ0) is 18.8. The van der Waals surface area contributed by atoms with Crippen LogP contribution >= 0.6 is 0 Å². The lowest BCUT2D eigenvalue weighted by atomic mass is 10.0. The van der Waals surface area contributed by atoms with Crippen molar-refractivity contribution in [2.24, 2.45) is 0 Å². The molecule has 6 heteroatoms. The topological polar surface area (TPSA) is 64.8 Å². The Bertz CT molecular complexity index is 966. The maximum atomic E-state index is 13.1. The fourth-order valence-corrected chi connectivity index (χ4v) is 3.14. The Morgan fingerprint density at radius 3 is 2.59 bits per heavy atom. The fourth-order valence-electron chi connectivity index (χ4n) is 3.14. The van der Waals surface area contributed by atoms with Crippen LogP contribution in [-0.2, 0) is 6.54 Å². The number of amides is 1. The number of aryl methyl sites for hydroxylation is 1. The minimum Gasteiger partial charge on any atom is -0.486 e. The summed E-state index contributed by atoms with van der Waals surface area (Å²) in [4.78, 5) is 14.7. The molecule has 0 unspecified atom stereocenters. The average Bonchev–Trinajstić information content (AvgIpc) is 3.09. The van der Waals surface area contributed by atoms with Crippen molar-refractivity contribution in [3.05, 3.63) is 65.4 Å². The molecule has 1 aliphatic heterocycles. The van der Waals surface area contributed by atoms with Gasteiger partial charge in [-0.15, -0.1) is 0 Å². The van der Waals surface area contributed by atoms with E-state index in [1.165, 1.54) is 0 Å². The minimum atomic E-state index is -0.137. The van der Waals surface area contributed by atoms with E-state index in [-0.39, 0.29) is 5.91 Å². The van der Waals surface area contributed by atoms with Crippen molar-refractivity contribution in [1.82, 2.24) is 10.1 Å². The molecule has 0 aliphatic carbocycles. The normalized spacial score (nSPS) is 12.7. The molecule has 2 aromatic carbocycles. The van der Waals surface area contributed by atoms with Gasteiger partial charge in [0.05, 0.1) is 0 Å². The van der Waals surface area contributed by atoms with Crippen LogP contribution in [0.2, 0.25) is 0 Å². The standard InChI is InChI=1S/C21H20N2O4/c1-14-19(20(22-27-14)16-6-4-3-5-7-16)21(24)23(2)13-15-8-9-17-18(12-15)26-11-10-25-17/h3-9,12H,10-11,13H2,1-2H3. The molecule has 1 amide bonds. The van der Waals surface area contributed by atoms with Crippen LogP contribution in [0.5, 0.6) is 11.5 Å². The van der Waals surface area contributed by atoms with E-state index in [1.54, 1.807) is 18.9 Å². The Morgan fingerprint density at radius 2 is 1.81 bits per heavy atom. The highest BCUT2D eigenvalue weighted by atomic mass is 16.6. The first-order chi connectivity index (χ1) is 13.1. The second kappa shape index (κ2) is 7.15. The van der Waals surface area contributed by atoms with E-state index in [9.17, 15) is 4.79 Å². The van der Waals surface area contributed by atoms with Crippen molar-refractivity contribution < 1.29 is 18.8 Å². The number of nitrogens with zero attached hydrogens (tertiary/aromatic N) is 2. The first-order valence-corrected chi connectivity index (χ1v) is 8.79. The summed E-state index contributed by atoms with van der Waals surface area (Å²) < 4.78 is 16.5. The van der Waals surface area contributed by atoms with Gasteiger partial charge < -0.3 is 18.9 Å². The van der Waals surface area contributed by atoms with Gasteiger partial charge in [-0.1, -0.05) is 41.6 Å². The van der Waals surface area contributed by atoms with Crippen LogP contribution < -0.4 is 9.47 Å². The van der Waals surface area contributed by atoms with Gasteiger partial charge in [0, 0.05) is 19.2 Å². The molecular weight excluding hydrogens is 344 g/mol. The monoisotopic (exact) mass is 364 g/mol. The van der Waals surface area contributed by atoms with Crippen LogP contribution in [0.15, 0.2) is 53.1 Å². The van der Waals surface area contributed by atoms with E-state index in [0.717, 1.165) is 16.9 Å². The fraction of sp³-hybridized carbons (Fsp3) is 0.238. The number of hydrogen-bond acceptors (Lipinski definition) is 5. The number of ether oxygens (including phenoxy) is 2. The van der Waals surface area contributed by atoms with E-state index in [2.05, 4.69) is 5.16 Å². The molecule has 1 aromatic heterocycles. The van der Waals surface area contributed by atoms with Crippen LogP contribution in [-0.4, -0.2) is 36.2 Å². The number of hydrogen-bond donors (Lipinski definition) is 0. The molecule has 0 saturated carbocycles. The Kier molecular flexibility index (Phi) is 4.54. The first kappa shape index (κ1) is 17.1. The van der Waals surface area contributed by atoms with Gasteiger partial charge in [-0.2, -0.15) is 0 Å². The highest BCUT2D eigenvalue weighted by Gasteiger charge is 2.24. The highest BCUT2D eigenvalue weighted by molar-refractivity contribution is 6.00. The van der Waals surface area contributed by atoms with Crippen LogP contribution in [0.25, 0.3) is 11.3 Å². The summed E-state index contributed by atoms with van der Waals surface area (Å²) >= 11 is 0. The third kappa shape index (κ3) is 3.38. The van der Waals surface area contributed by atoms with E-state index in [1.807, 2.05) is 48.5 Å². The number of benzene rings is 2. The molecule has 0 radical (unpaired) electrons. The van der Waals surface area contributed by atoms with Gasteiger partial charge in [-0.25, -0.2) is 0 Å². The smallest absolute Gasteiger partial charge is 0.259 e. The molecule has 0 spiro atoms. The summed E-state index contributed by atoms with van der Waals surface area (Å²) in [6.07, 6.45) is 0. The van der Waals surface area contributed by atoms with E-state index in [0.29, 0.717) is 42.5 Å². The number of fused-ring (bicyclic) bond motifs is 1. The van der Waals surface area contributed by atoms with Crippen LogP contribution in [0, 0.1) is 6.92 Å². The lowest BCUT2D eigenvalue weighted by Gasteiger charge is -2.21. The maximum absolute atomic E-state index is 13.1. The van der Waals surface area contributed by atoms with Crippen molar-refractivity contribution in [2.75, 3.05) is 20.3 Å². The zero-order valence-electron chi connectivity index (χ0n) is 15.3. The maximum Gasteiger partial charge on any atom is 0.259 e. The molecule has 6 nitrogen and oxygen atoms in total. The molecule has 0 N–H and O–H groups in total. The lowest BCUT2D eigenvalue weighted by molar-refractivity contribution is 0.0783. The van der Waals surface area contributed by atoms with Gasteiger partial charge >= 0.3 is 0 Å². The summed E-state index contributed by atoms with van der Waals surface area (Å²) in [6, 6.07) is 15.3. The highest BCUT2D eigenvalue weighted by Crippen LogP contribution is 2.31. The Labute approximate surface area is 157 Å². The predicted octanol–water partition coefficient (Wildman–Crippen LogP) is 3.69. The van der Waals surface area contributed by atoms with E-state index in [4.69, 9.17) is 14.0 Å². The molecule has 0 bridgehead atoms. The number of carbonyl (C=O) groups is 1. The zero-order valence-corrected chi connectivity index (χ0v) is 15.3. The molecule has 0 atom stereocenters. The molecule has 0 fully saturated rings. The van der Waals surface area contributed by atoms with Crippen LogP contribution in [0.3, 0.4) is 0 Å². The first-order valence-electron chi connectivity index (χ1n) is 8.79. The predicted molar refractivity (Wildman–Crippen MR) is 99.9 cm³/mol. The second-order valence-corrected chi connectivity index (χ2v) is 6.47. The van der Waals surface area contributed by atoms with Gasteiger partial charge in [-0.3, -0.25) is 4.79 Å². The van der Waals surface area contributed by atoms with Gasteiger partial charge in [0.2, 0.25) is 0 Å². The summed E-state index contributed by atoms with van der Waals surface area (Å²) in [6.45, 7) is 3.28. The van der Waals surface area contributed by atoms with Gasteiger partial charge in [0.1, 0.15) is 30.2 Å². The van der Waals surface area contributed by atoms with Crippen LogP contribution in [0.1, 0.15) is 21.7 Å². The van der Waals surface area contributed by atoms with Gasteiger partial charge in [0.15, 0.2) is 11.5 Å². The number of aromatic nitrogens is 1. The molecule has 1 aliphatic rings. The lowest BCUT2D eigenvalue weighted by Crippen LogP contribution is -2.27. The Hall–Kier alpha value is -3.28. The van der Waals surface area contributed by atoms with Crippen molar-refractivity contribution in [1.29, 1.82) is 0 Å². The largest absolute Gasteiger partial charge is 0.486 e. The molecule has 138 valence electrons. The molecule has 4 rings (SSSR count). The Balaban J connectivity index is 1.58. The summed E-state index contributed by atoms with van der Waals surface area (Å²) in [7, 11) is 1.76. The summed E-state index contributed by atoms with van der Waals surface area (Å²) in [5.74, 6) is 1.82. The van der Waals surface area contributed by atoms with Gasteiger partial charge in [0.25, 0.3) is 5.91 Å². The summed E-state index contributed by atoms with van der Waals surface area (Å²) in [5.41, 5.74) is 2.87. The molecule has 27 heavy (non-hydrogen) atoms. The number of carbonyl (C=O) groups excluding carboxylic acids is 1. The molecular formula is C21H20N2O4. The van der Waals surface area contributed by atoms with Crippen LogP contribution in [0.4, 0.5) is 0 Å². The van der Waals surface area contributed by atoms with E-state index < -0.39 is 0 Å².